The molecule has 118 valence electrons. The van der Waals surface area contributed by atoms with E-state index in [9.17, 15) is 4.79 Å². The van der Waals surface area contributed by atoms with Crippen LogP contribution in [0.3, 0.4) is 0 Å². The summed E-state index contributed by atoms with van der Waals surface area (Å²) in [6.07, 6.45) is 2.51. The van der Waals surface area contributed by atoms with Crippen molar-refractivity contribution in [2.75, 3.05) is 6.54 Å². The molecule has 0 aliphatic heterocycles. The SMILES string of the molecule is CCC(Oc1ccccc1C)C(=O)NC(CN)C1CC1.Cl. The van der Waals surface area contributed by atoms with Crippen molar-refractivity contribution in [1.29, 1.82) is 0 Å². The van der Waals surface area contributed by atoms with E-state index in [0.717, 1.165) is 24.2 Å². The fraction of sp³-hybridized carbons (Fsp3) is 0.562. The Morgan fingerprint density at radius 1 is 1.43 bits per heavy atom. The van der Waals surface area contributed by atoms with Gasteiger partial charge in [0.1, 0.15) is 5.75 Å². The van der Waals surface area contributed by atoms with Crippen LogP contribution in [0.4, 0.5) is 0 Å². The van der Waals surface area contributed by atoms with Crippen LogP contribution in [-0.4, -0.2) is 24.6 Å². The summed E-state index contributed by atoms with van der Waals surface area (Å²) in [5.41, 5.74) is 6.76. The Morgan fingerprint density at radius 3 is 2.62 bits per heavy atom. The van der Waals surface area contributed by atoms with Crippen molar-refractivity contribution in [3.8, 4) is 5.75 Å². The van der Waals surface area contributed by atoms with Crippen molar-refractivity contribution in [2.45, 2.75) is 45.3 Å². The highest BCUT2D eigenvalue weighted by atomic mass is 35.5. The van der Waals surface area contributed by atoms with Crippen molar-refractivity contribution >= 4 is 18.3 Å². The Labute approximate surface area is 132 Å². The van der Waals surface area contributed by atoms with Crippen LogP contribution in [0.2, 0.25) is 0 Å². The van der Waals surface area contributed by atoms with E-state index in [1.165, 1.54) is 0 Å². The molecule has 4 nitrogen and oxygen atoms in total. The fourth-order valence-electron chi connectivity index (χ4n) is 2.31. The monoisotopic (exact) mass is 312 g/mol. The van der Waals surface area contributed by atoms with E-state index in [4.69, 9.17) is 10.5 Å². The molecule has 1 saturated carbocycles. The van der Waals surface area contributed by atoms with Gasteiger partial charge in [-0.3, -0.25) is 4.79 Å². The second-order valence-electron chi connectivity index (χ2n) is 5.47. The number of ether oxygens (including phenoxy) is 1. The number of hydrogen-bond acceptors (Lipinski definition) is 3. The number of benzene rings is 1. The molecular formula is C16H25ClN2O2. The number of amides is 1. The van der Waals surface area contributed by atoms with E-state index in [-0.39, 0.29) is 24.4 Å². The van der Waals surface area contributed by atoms with Gasteiger partial charge in [-0.1, -0.05) is 25.1 Å². The summed E-state index contributed by atoms with van der Waals surface area (Å²) in [4.78, 5) is 12.3. The number of carbonyl (C=O) groups is 1. The molecule has 21 heavy (non-hydrogen) atoms. The van der Waals surface area contributed by atoms with Crippen LogP contribution in [0.25, 0.3) is 0 Å². The average molecular weight is 313 g/mol. The zero-order valence-electron chi connectivity index (χ0n) is 12.7. The van der Waals surface area contributed by atoms with Crippen LogP contribution >= 0.6 is 12.4 Å². The third-order valence-electron chi connectivity index (χ3n) is 3.80. The first-order chi connectivity index (χ1) is 9.65. The van der Waals surface area contributed by atoms with E-state index in [2.05, 4.69) is 5.32 Å². The second kappa shape index (κ2) is 8.25. The minimum atomic E-state index is -0.455. The number of para-hydroxylation sites is 1. The molecule has 0 aromatic heterocycles. The number of nitrogens with two attached hydrogens (primary N) is 1. The quantitative estimate of drug-likeness (QED) is 0.812. The molecule has 1 aromatic rings. The highest BCUT2D eigenvalue weighted by molar-refractivity contribution is 5.85. The maximum absolute atomic E-state index is 12.3. The largest absolute Gasteiger partial charge is 0.480 e. The number of nitrogens with one attached hydrogen (secondary N) is 1. The molecule has 1 aliphatic rings. The average Bonchev–Trinajstić information content (AvgIpc) is 3.28. The molecule has 2 unspecified atom stereocenters. The molecule has 0 heterocycles. The highest BCUT2D eigenvalue weighted by Gasteiger charge is 2.32. The number of aryl methyl sites for hydroxylation is 1. The normalized spacial score (nSPS) is 16.5. The van der Waals surface area contributed by atoms with Crippen molar-refractivity contribution in [1.82, 2.24) is 5.32 Å². The molecule has 0 bridgehead atoms. The van der Waals surface area contributed by atoms with Crippen molar-refractivity contribution in [3.63, 3.8) is 0 Å². The predicted octanol–water partition coefficient (Wildman–Crippen LogP) is 2.43. The Hall–Kier alpha value is -1.26. The standard InChI is InChI=1S/C16H24N2O2.ClH/c1-3-14(20-15-7-5-4-6-11(15)2)16(19)18-13(10-17)12-8-9-12;/h4-7,12-14H,3,8-10,17H2,1-2H3,(H,18,19);1H. The van der Waals surface area contributed by atoms with Crippen LogP contribution in [0.1, 0.15) is 31.7 Å². The number of rotatable bonds is 7. The van der Waals surface area contributed by atoms with Gasteiger partial charge in [0.25, 0.3) is 5.91 Å². The molecule has 0 radical (unpaired) electrons. The fourth-order valence-corrected chi connectivity index (χ4v) is 2.31. The highest BCUT2D eigenvalue weighted by Crippen LogP contribution is 2.32. The molecule has 2 atom stereocenters. The lowest BCUT2D eigenvalue weighted by atomic mass is 10.1. The van der Waals surface area contributed by atoms with E-state index >= 15 is 0 Å². The summed E-state index contributed by atoms with van der Waals surface area (Å²) in [6, 6.07) is 7.84. The zero-order valence-corrected chi connectivity index (χ0v) is 13.5. The number of halogens is 1. The Morgan fingerprint density at radius 2 is 2.10 bits per heavy atom. The number of carbonyl (C=O) groups excluding carboxylic acids is 1. The molecule has 1 aromatic carbocycles. The van der Waals surface area contributed by atoms with E-state index in [0.29, 0.717) is 18.9 Å². The summed E-state index contributed by atoms with van der Waals surface area (Å²) in [7, 11) is 0. The first-order valence-electron chi connectivity index (χ1n) is 7.38. The van der Waals surface area contributed by atoms with Crippen molar-refractivity contribution in [2.24, 2.45) is 11.7 Å². The van der Waals surface area contributed by atoms with E-state index in [1.54, 1.807) is 0 Å². The van der Waals surface area contributed by atoms with Crippen molar-refractivity contribution < 1.29 is 9.53 Å². The summed E-state index contributed by atoms with van der Waals surface area (Å²) < 4.78 is 5.85. The summed E-state index contributed by atoms with van der Waals surface area (Å²) in [6.45, 7) is 4.43. The predicted molar refractivity (Wildman–Crippen MR) is 86.8 cm³/mol. The van der Waals surface area contributed by atoms with Gasteiger partial charge in [-0.15, -0.1) is 12.4 Å². The van der Waals surface area contributed by atoms with Gasteiger partial charge in [0.05, 0.1) is 0 Å². The Bertz CT molecular complexity index is 463. The first-order valence-corrected chi connectivity index (χ1v) is 7.38. The van der Waals surface area contributed by atoms with Gasteiger partial charge in [0, 0.05) is 12.6 Å². The molecular weight excluding hydrogens is 288 g/mol. The Kier molecular flexibility index (Phi) is 6.99. The minimum absolute atomic E-state index is 0. The molecule has 1 fully saturated rings. The topological polar surface area (TPSA) is 64.3 Å². The Balaban J connectivity index is 0.00000220. The van der Waals surface area contributed by atoms with Crippen LogP contribution in [0, 0.1) is 12.8 Å². The van der Waals surface area contributed by atoms with Crippen LogP contribution in [-0.2, 0) is 4.79 Å². The van der Waals surface area contributed by atoms with Gasteiger partial charge in [-0.05, 0) is 43.7 Å². The van der Waals surface area contributed by atoms with E-state index < -0.39 is 6.10 Å². The van der Waals surface area contributed by atoms with Gasteiger partial charge >= 0.3 is 0 Å². The van der Waals surface area contributed by atoms with Gasteiger partial charge in [0.15, 0.2) is 6.10 Å². The molecule has 1 amide bonds. The lowest BCUT2D eigenvalue weighted by molar-refractivity contribution is -0.129. The third kappa shape index (κ3) is 4.90. The molecule has 3 N–H and O–H groups in total. The van der Waals surface area contributed by atoms with Crippen LogP contribution in [0.15, 0.2) is 24.3 Å². The van der Waals surface area contributed by atoms with Crippen molar-refractivity contribution in [3.05, 3.63) is 29.8 Å². The van der Waals surface area contributed by atoms with Gasteiger partial charge in [-0.2, -0.15) is 0 Å². The maximum atomic E-state index is 12.3. The van der Waals surface area contributed by atoms with Crippen LogP contribution in [0.5, 0.6) is 5.75 Å². The summed E-state index contributed by atoms with van der Waals surface area (Å²) in [5, 5.41) is 3.03. The minimum Gasteiger partial charge on any atom is -0.480 e. The summed E-state index contributed by atoms with van der Waals surface area (Å²) in [5.74, 6) is 1.27. The molecule has 0 saturated heterocycles. The summed E-state index contributed by atoms with van der Waals surface area (Å²) >= 11 is 0. The smallest absolute Gasteiger partial charge is 0.261 e. The molecule has 0 spiro atoms. The number of hydrogen-bond donors (Lipinski definition) is 2. The van der Waals surface area contributed by atoms with E-state index in [1.807, 2.05) is 38.1 Å². The first kappa shape index (κ1) is 17.8. The van der Waals surface area contributed by atoms with Gasteiger partial charge in [0.2, 0.25) is 0 Å². The third-order valence-corrected chi connectivity index (χ3v) is 3.80. The van der Waals surface area contributed by atoms with Crippen LogP contribution < -0.4 is 15.8 Å². The maximum Gasteiger partial charge on any atom is 0.261 e. The lowest BCUT2D eigenvalue weighted by Crippen LogP contribution is -2.47. The molecule has 2 rings (SSSR count). The van der Waals surface area contributed by atoms with Gasteiger partial charge in [-0.25, -0.2) is 0 Å². The van der Waals surface area contributed by atoms with Gasteiger partial charge < -0.3 is 15.8 Å². The second-order valence-corrected chi connectivity index (χ2v) is 5.47. The molecule has 5 heteroatoms. The molecule has 1 aliphatic carbocycles. The zero-order chi connectivity index (χ0) is 14.5. The lowest BCUT2D eigenvalue weighted by Gasteiger charge is -2.22.